The minimum Gasteiger partial charge on any atom is -0.367 e. The first-order valence-corrected chi connectivity index (χ1v) is 5.66. The van der Waals surface area contributed by atoms with Gasteiger partial charge in [-0.3, -0.25) is 0 Å². The Morgan fingerprint density at radius 2 is 2.20 bits per heavy atom. The van der Waals surface area contributed by atoms with Crippen LogP contribution in [0.2, 0.25) is 0 Å². The SMILES string of the molecule is CCc1cc(NC2C3CNCC32)ncn1. The molecule has 0 bridgehead atoms. The van der Waals surface area contributed by atoms with Gasteiger partial charge in [-0.15, -0.1) is 0 Å². The topological polar surface area (TPSA) is 49.8 Å². The second kappa shape index (κ2) is 3.45. The lowest BCUT2D eigenvalue weighted by Crippen LogP contribution is -2.21. The number of anilines is 1. The highest BCUT2D eigenvalue weighted by Gasteiger charge is 2.53. The first-order chi connectivity index (χ1) is 7.38. The second-order valence-corrected chi connectivity index (χ2v) is 4.40. The molecule has 0 radical (unpaired) electrons. The summed E-state index contributed by atoms with van der Waals surface area (Å²) in [7, 11) is 0. The Labute approximate surface area is 89.5 Å². The highest BCUT2D eigenvalue weighted by atomic mass is 15.1. The third kappa shape index (κ3) is 1.59. The van der Waals surface area contributed by atoms with Crippen molar-refractivity contribution in [1.82, 2.24) is 15.3 Å². The molecule has 1 aliphatic carbocycles. The van der Waals surface area contributed by atoms with Gasteiger partial charge in [0.2, 0.25) is 0 Å². The molecule has 0 spiro atoms. The summed E-state index contributed by atoms with van der Waals surface area (Å²) in [6, 6.07) is 2.70. The third-order valence-electron chi connectivity index (χ3n) is 3.49. The molecule has 2 atom stereocenters. The highest BCUT2D eigenvalue weighted by molar-refractivity contribution is 5.39. The van der Waals surface area contributed by atoms with Crippen LogP contribution >= 0.6 is 0 Å². The number of rotatable bonds is 3. The molecule has 80 valence electrons. The van der Waals surface area contributed by atoms with Gasteiger partial charge in [-0.05, 0) is 18.3 Å². The number of nitrogens with zero attached hydrogens (tertiary/aromatic N) is 2. The van der Waals surface area contributed by atoms with Crippen LogP contribution in [-0.2, 0) is 6.42 Å². The number of piperidine rings is 1. The molecule has 4 nitrogen and oxygen atoms in total. The Hall–Kier alpha value is -1.16. The van der Waals surface area contributed by atoms with Crippen LogP contribution in [0.25, 0.3) is 0 Å². The maximum absolute atomic E-state index is 4.25. The normalized spacial score (nSPS) is 32.5. The lowest BCUT2D eigenvalue weighted by atomic mass is 10.3. The van der Waals surface area contributed by atoms with Crippen molar-refractivity contribution in [3.05, 3.63) is 18.1 Å². The van der Waals surface area contributed by atoms with Gasteiger partial charge < -0.3 is 10.6 Å². The van der Waals surface area contributed by atoms with Crippen molar-refractivity contribution >= 4 is 5.82 Å². The number of aryl methyl sites for hydroxylation is 1. The first-order valence-electron chi connectivity index (χ1n) is 5.66. The van der Waals surface area contributed by atoms with Crippen LogP contribution in [0.5, 0.6) is 0 Å². The van der Waals surface area contributed by atoms with E-state index in [-0.39, 0.29) is 0 Å². The maximum Gasteiger partial charge on any atom is 0.129 e. The predicted molar refractivity (Wildman–Crippen MR) is 58.7 cm³/mol. The van der Waals surface area contributed by atoms with Crippen LogP contribution in [0.1, 0.15) is 12.6 Å². The minimum absolute atomic E-state index is 0.644. The van der Waals surface area contributed by atoms with Crippen LogP contribution in [0.3, 0.4) is 0 Å². The van der Waals surface area contributed by atoms with E-state index >= 15 is 0 Å². The molecule has 1 aromatic heterocycles. The van der Waals surface area contributed by atoms with E-state index in [0.717, 1.165) is 42.9 Å². The molecule has 2 fully saturated rings. The van der Waals surface area contributed by atoms with Gasteiger partial charge in [0.15, 0.2) is 0 Å². The molecule has 3 rings (SSSR count). The summed E-state index contributed by atoms with van der Waals surface area (Å²) in [5.41, 5.74) is 1.11. The van der Waals surface area contributed by atoms with E-state index in [2.05, 4.69) is 33.6 Å². The molecule has 1 aromatic rings. The molecule has 0 aromatic carbocycles. The van der Waals surface area contributed by atoms with Crippen LogP contribution in [0.15, 0.2) is 12.4 Å². The quantitative estimate of drug-likeness (QED) is 0.759. The molecule has 2 unspecified atom stereocenters. The van der Waals surface area contributed by atoms with Crippen molar-refractivity contribution < 1.29 is 0 Å². The fraction of sp³-hybridized carbons (Fsp3) is 0.636. The Kier molecular flexibility index (Phi) is 2.09. The average molecular weight is 204 g/mol. The Morgan fingerprint density at radius 3 is 2.93 bits per heavy atom. The summed E-state index contributed by atoms with van der Waals surface area (Å²) in [4.78, 5) is 8.45. The summed E-state index contributed by atoms with van der Waals surface area (Å²) in [6.07, 6.45) is 2.62. The largest absolute Gasteiger partial charge is 0.367 e. The zero-order chi connectivity index (χ0) is 10.3. The van der Waals surface area contributed by atoms with Crippen LogP contribution in [-0.4, -0.2) is 29.1 Å². The van der Waals surface area contributed by atoms with Gasteiger partial charge in [0.1, 0.15) is 12.1 Å². The van der Waals surface area contributed by atoms with E-state index in [1.54, 1.807) is 6.33 Å². The van der Waals surface area contributed by atoms with Crippen molar-refractivity contribution in [3.8, 4) is 0 Å². The number of nitrogens with one attached hydrogen (secondary N) is 2. The average Bonchev–Trinajstić information content (AvgIpc) is 2.75. The highest BCUT2D eigenvalue weighted by Crippen LogP contribution is 2.43. The van der Waals surface area contributed by atoms with Crippen LogP contribution < -0.4 is 10.6 Å². The third-order valence-corrected chi connectivity index (χ3v) is 3.49. The molecule has 4 heteroatoms. The fourth-order valence-corrected chi connectivity index (χ4v) is 2.47. The van der Waals surface area contributed by atoms with Crippen molar-refractivity contribution in [3.63, 3.8) is 0 Å². The summed E-state index contributed by atoms with van der Waals surface area (Å²) in [6.45, 7) is 4.43. The molecule has 2 N–H and O–H groups in total. The first kappa shape index (κ1) is 9.09. The summed E-state index contributed by atoms with van der Waals surface area (Å²) in [5, 5.41) is 6.89. The molecule has 1 saturated carbocycles. The van der Waals surface area contributed by atoms with Gasteiger partial charge in [0.05, 0.1) is 0 Å². The van der Waals surface area contributed by atoms with E-state index in [9.17, 15) is 0 Å². The molecule has 15 heavy (non-hydrogen) atoms. The standard InChI is InChI=1S/C11H16N4/c1-2-7-3-10(14-6-13-7)15-11-8-4-12-5-9(8)11/h3,6,8-9,11-12H,2,4-5H2,1H3,(H,13,14,15). The number of hydrogen-bond donors (Lipinski definition) is 2. The molecular formula is C11H16N4. The maximum atomic E-state index is 4.25. The Balaban J connectivity index is 1.67. The molecule has 0 amide bonds. The lowest BCUT2D eigenvalue weighted by Gasteiger charge is -2.08. The van der Waals surface area contributed by atoms with Crippen molar-refractivity contribution in [2.45, 2.75) is 19.4 Å². The van der Waals surface area contributed by atoms with E-state index in [0.29, 0.717) is 6.04 Å². The Bertz CT molecular complexity index is 355. The summed E-state index contributed by atoms with van der Waals surface area (Å²) >= 11 is 0. The van der Waals surface area contributed by atoms with Gasteiger partial charge >= 0.3 is 0 Å². The number of fused-ring (bicyclic) bond motifs is 1. The van der Waals surface area contributed by atoms with Gasteiger partial charge in [-0.2, -0.15) is 0 Å². The Morgan fingerprint density at radius 1 is 1.40 bits per heavy atom. The van der Waals surface area contributed by atoms with E-state index in [1.165, 1.54) is 0 Å². The van der Waals surface area contributed by atoms with Gasteiger partial charge in [0.25, 0.3) is 0 Å². The van der Waals surface area contributed by atoms with E-state index in [1.807, 2.05) is 0 Å². The van der Waals surface area contributed by atoms with Crippen molar-refractivity contribution in [2.75, 3.05) is 18.4 Å². The van der Waals surface area contributed by atoms with E-state index < -0.39 is 0 Å². The smallest absolute Gasteiger partial charge is 0.129 e. The predicted octanol–water partition coefficient (Wildman–Crippen LogP) is 0.669. The van der Waals surface area contributed by atoms with Crippen LogP contribution in [0.4, 0.5) is 5.82 Å². The van der Waals surface area contributed by atoms with Gasteiger partial charge in [-0.25, -0.2) is 9.97 Å². The van der Waals surface area contributed by atoms with Gasteiger partial charge in [-0.1, -0.05) is 6.92 Å². The molecule has 1 aliphatic heterocycles. The van der Waals surface area contributed by atoms with Crippen molar-refractivity contribution in [1.29, 1.82) is 0 Å². The molecule has 2 heterocycles. The number of aromatic nitrogens is 2. The minimum atomic E-state index is 0.644. The monoisotopic (exact) mass is 204 g/mol. The van der Waals surface area contributed by atoms with Gasteiger partial charge in [0, 0.05) is 30.9 Å². The molecular weight excluding hydrogens is 188 g/mol. The van der Waals surface area contributed by atoms with Crippen LogP contribution in [0, 0.1) is 11.8 Å². The summed E-state index contributed by atoms with van der Waals surface area (Å²) < 4.78 is 0. The zero-order valence-corrected chi connectivity index (χ0v) is 8.90. The zero-order valence-electron chi connectivity index (χ0n) is 8.90. The van der Waals surface area contributed by atoms with E-state index in [4.69, 9.17) is 0 Å². The fourth-order valence-electron chi connectivity index (χ4n) is 2.47. The number of hydrogen-bond acceptors (Lipinski definition) is 4. The summed E-state index contributed by atoms with van der Waals surface area (Å²) in [5.74, 6) is 2.64. The second-order valence-electron chi connectivity index (χ2n) is 4.40. The lowest BCUT2D eigenvalue weighted by molar-refractivity contribution is 0.695. The molecule has 2 aliphatic rings. The van der Waals surface area contributed by atoms with Crippen molar-refractivity contribution in [2.24, 2.45) is 11.8 Å². The molecule has 1 saturated heterocycles.